The fourth-order valence-corrected chi connectivity index (χ4v) is 2.57. The van der Waals surface area contributed by atoms with Crippen molar-refractivity contribution in [2.75, 3.05) is 5.32 Å². The van der Waals surface area contributed by atoms with E-state index < -0.39 is 0 Å². The van der Waals surface area contributed by atoms with Gasteiger partial charge in [-0.3, -0.25) is 0 Å². The molecule has 0 aliphatic carbocycles. The Kier molecular flexibility index (Phi) is 5.54. The van der Waals surface area contributed by atoms with Crippen molar-refractivity contribution >= 4 is 33.2 Å². The van der Waals surface area contributed by atoms with Gasteiger partial charge in [-0.2, -0.15) is 0 Å². The number of benzene rings is 2. The molecule has 112 valence electrons. The Morgan fingerprint density at radius 2 is 1.71 bits per heavy atom. The van der Waals surface area contributed by atoms with Crippen LogP contribution in [0.25, 0.3) is 0 Å². The third-order valence-corrected chi connectivity index (χ3v) is 3.98. The van der Waals surface area contributed by atoms with Crippen molar-refractivity contribution in [3.05, 3.63) is 57.5 Å². The second kappa shape index (κ2) is 7.19. The molecule has 0 spiro atoms. The number of ether oxygens (including phenoxy) is 1. The zero-order chi connectivity index (χ0) is 15.4. The lowest BCUT2D eigenvalue weighted by molar-refractivity contribution is 0.242. The van der Waals surface area contributed by atoms with Crippen LogP contribution in [0.5, 0.6) is 5.75 Å². The zero-order valence-electron chi connectivity index (χ0n) is 12.4. The van der Waals surface area contributed by atoms with Crippen molar-refractivity contribution in [3.63, 3.8) is 0 Å². The minimum Gasteiger partial charge on any atom is -0.491 e. The smallest absolute Gasteiger partial charge is 0.119 e. The topological polar surface area (TPSA) is 21.3 Å². The van der Waals surface area contributed by atoms with Crippen molar-refractivity contribution in [1.82, 2.24) is 0 Å². The second-order valence-electron chi connectivity index (χ2n) is 5.23. The van der Waals surface area contributed by atoms with Crippen molar-refractivity contribution in [1.29, 1.82) is 0 Å². The molecule has 1 atom stereocenters. The molecule has 2 rings (SSSR count). The Balaban J connectivity index is 2.09. The van der Waals surface area contributed by atoms with E-state index in [1.54, 1.807) is 0 Å². The molecule has 1 N–H and O–H groups in total. The fourth-order valence-electron chi connectivity index (χ4n) is 2.03. The number of halogens is 2. The van der Waals surface area contributed by atoms with Gasteiger partial charge in [-0.05, 0) is 72.6 Å². The van der Waals surface area contributed by atoms with Gasteiger partial charge in [0, 0.05) is 15.5 Å². The summed E-state index contributed by atoms with van der Waals surface area (Å²) in [5.41, 5.74) is 2.18. The first-order valence-corrected chi connectivity index (χ1v) is 8.11. The first-order valence-electron chi connectivity index (χ1n) is 6.94. The van der Waals surface area contributed by atoms with Crippen molar-refractivity contribution < 1.29 is 4.74 Å². The van der Waals surface area contributed by atoms with Gasteiger partial charge in [-0.1, -0.05) is 23.7 Å². The van der Waals surface area contributed by atoms with Crippen LogP contribution < -0.4 is 10.1 Å². The zero-order valence-corrected chi connectivity index (χ0v) is 14.7. The summed E-state index contributed by atoms with van der Waals surface area (Å²) >= 11 is 9.57. The van der Waals surface area contributed by atoms with Crippen molar-refractivity contribution in [2.45, 2.75) is 32.9 Å². The highest BCUT2D eigenvalue weighted by Crippen LogP contribution is 2.29. The summed E-state index contributed by atoms with van der Waals surface area (Å²) in [6.07, 6.45) is 0.189. The van der Waals surface area contributed by atoms with E-state index in [2.05, 4.69) is 40.3 Å². The molecule has 0 saturated heterocycles. The number of rotatable bonds is 5. The van der Waals surface area contributed by atoms with E-state index >= 15 is 0 Å². The van der Waals surface area contributed by atoms with Gasteiger partial charge >= 0.3 is 0 Å². The normalized spacial score (nSPS) is 12.3. The third kappa shape index (κ3) is 4.65. The average molecular weight is 369 g/mol. The molecule has 0 radical (unpaired) electrons. The Labute approximate surface area is 139 Å². The average Bonchev–Trinajstić information content (AvgIpc) is 2.43. The van der Waals surface area contributed by atoms with E-state index in [1.165, 1.54) is 5.56 Å². The van der Waals surface area contributed by atoms with Gasteiger partial charge < -0.3 is 10.1 Å². The molecule has 0 aromatic heterocycles. The van der Waals surface area contributed by atoms with E-state index in [0.29, 0.717) is 5.02 Å². The molecule has 2 aromatic rings. The monoisotopic (exact) mass is 367 g/mol. The molecule has 0 amide bonds. The SMILES string of the molecule is CC(C)Oc1ccc(C(C)Nc2cc(Cl)ccc2Br)cc1. The van der Waals surface area contributed by atoms with E-state index in [-0.39, 0.29) is 12.1 Å². The molecule has 0 saturated carbocycles. The maximum absolute atomic E-state index is 6.04. The Morgan fingerprint density at radius 3 is 2.33 bits per heavy atom. The van der Waals surface area contributed by atoms with Crippen LogP contribution in [0.15, 0.2) is 46.9 Å². The fraction of sp³-hybridized carbons (Fsp3) is 0.294. The molecular weight excluding hydrogens is 350 g/mol. The molecule has 0 bridgehead atoms. The highest BCUT2D eigenvalue weighted by atomic mass is 79.9. The number of anilines is 1. The molecule has 1 unspecified atom stereocenters. The molecule has 2 nitrogen and oxygen atoms in total. The van der Waals surface area contributed by atoms with Crippen LogP contribution in [0.3, 0.4) is 0 Å². The minimum atomic E-state index is 0.174. The second-order valence-corrected chi connectivity index (χ2v) is 6.52. The van der Waals surface area contributed by atoms with Crippen LogP contribution in [0.2, 0.25) is 5.02 Å². The first kappa shape index (κ1) is 16.2. The first-order chi connectivity index (χ1) is 9.95. The maximum atomic E-state index is 6.04. The van der Waals surface area contributed by atoms with Gasteiger partial charge in [0.05, 0.1) is 11.8 Å². The van der Waals surface area contributed by atoms with Crippen molar-refractivity contribution in [3.8, 4) is 5.75 Å². The predicted molar refractivity (Wildman–Crippen MR) is 93.4 cm³/mol. The predicted octanol–water partition coefficient (Wildman–Crippen LogP) is 6.06. The number of nitrogens with one attached hydrogen (secondary N) is 1. The summed E-state index contributed by atoms with van der Waals surface area (Å²) < 4.78 is 6.66. The Bertz CT molecular complexity index is 598. The van der Waals surface area contributed by atoms with Crippen LogP contribution in [0, 0.1) is 0 Å². The van der Waals surface area contributed by atoms with Crippen molar-refractivity contribution in [2.24, 2.45) is 0 Å². The lowest BCUT2D eigenvalue weighted by atomic mass is 10.1. The summed E-state index contributed by atoms with van der Waals surface area (Å²) in [6, 6.07) is 14.0. The number of hydrogen-bond donors (Lipinski definition) is 1. The van der Waals surface area contributed by atoms with Gasteiger partial charge in [0.2, 0.25) is 0 Å². The number of hydrogen-bond acceptors (Lipinski definition) is 2. The molecule has 0 heterocycles. The van der Waals surface area contributed by atoms with Gasteiger partial charge in [-0.15, -0.1) is 0 Å². The molecule has 0 fully saturated rings. The van der Waals surface area contributed by atoms with Gasteiger partial charge in [0.15, 0.2) is 0 Å². The van der Waals surface area contributed by atoms with E-state index in [1.807, 2.05) is 44.2 Å². The summed E-state index contributed by atoms with van der Waals surface area (Å²) in [5, 5.41) is 4.17. The standard InChI is InChI=1S/C17H19BrClNO/c1-11(2)21-15-7-4-13(5-8-15)12(3)20-17-10-14(19)6-9-16(17)18/h4-12,20H,1-3H3. The summed E-state index contributed by atoms with van der Waals surface area (Å²) in [4.78, 5) is 0. The van der Waals surface area contributed by atoms with E-state index in [0.717, 1.165) is 15.9 Å². The lowest BCUT2D eigenvalue weighted by Gasteiger charge is -2.18. The maximum Gasteiger partial charge on any atom is 0.119 e. The highest BCUT2D eigenvalue weighted by molar-refractivity contribution is 9.10. The summed E-state index contributed by atoms with van der Waals surface area (Å²) in [7, 11) is 0. The molecule has 21 heavy (non-hydrogen) atoms. The molecule has 0 aliphatic rings. The summed E-state index contributed by atoms with van der Waals surface area (Å²) in [6.45, 7) is 6.16. The largest absolute Gasteiger partial charge is 0.491 e. The van der Waals surface area contributed by atoms with E-state index in [9.17, 15) is 0 Å². The molecule has 4 heteroatoms. The van der Waals surface area contributed by atoms with Gasteiger partial charge in [0.25, 0.3) is 0 Å². The third-order valence-electron chi connectivity index (χ3n) is 3.05. The van der Waals surface area contributed by atoms with Crippen LogP contribution in [0.4, 0.5) is 5.69 Å². The Hall–Kier alpha value is -1.19. The summed E-state index contributed by atoms with van der Waals surface area (Å²) in [5.74, 6) is 0.893. The van der Waals surface area contributed by atoms with Crippen LogP contribution in [0.1, 0.15) is 32.4 Å². The quantitative estimate of drug-likeness (QED) is 0.692. The Morgan fingerprint density at radius 1 is 1.05 bits per heavy atom. The van der Waals surface area contributed by atoms with Gasteiger partial charge in [0.1, 0.15) is 5.75 Å². The van der Waals surface area contributed by atoms with Gasteiger partial charge in [-0.25, -0.2) is 0 Å². The molecular formula is C17H19BrClNO. The molecule has 0 aliphatic heterocycles. The van der Waals surface area contributed by atoms with Crippen LogP contribution in [-0.2, 0) is 0 Å². The molecule has 2 aromatic carbocycles. The lowest BCUT2D eigenvalue weighted by Crippen LogP contribution is -2.08. The van der Waals surface area contributed by atoms with E-state index in [4.69, 9.17) is 16.3 Å². The van der Waals surface area contributed by atoms with Crippen LogP contribution >= 0.6 is 27.5 Å². The van der Waals surface area contributed by atoms with Crippen LogP contribution in [-0.4, -0.2) is 6.10 Å². The highest BCUT2D eigenvalue weighted by Gasteiger charge is 2.08. The minimum absolute atomic E-state index is 0.174.